The maximum atomic E-state index is 5.92. The molecule has 2 rings (SSSR count). The third-order valence-corrected chi connectivity index (χ3v) is 3.09. The van der Waals surface area contributed by atoms with Crippen molar-refractivity contribution in [1.82, 2.24) is 4.98 Å². The van der Waals surface area contributed by atoms with Gasteiger partial charge in [0, 0.05) is 19.1 Å². The summed E-state index contributed by atoms with van der Waals surface area (Å²) in [6.45, 7) is 2.08. The summed E-state index contributed by atoms with van der Waals surface area (Å²) in [5.41, 5.74) is 8.11. The summed E-state index contributed by atoms with van der Waals surface area (Å²) in [5.74, 6) is 0. The number of hydrogen-bond acceptors (Lipinski definition) is 3. The predicted octanol–water partition coefficient (Wildman–Crippen LogP) is 2.09. The van der Waals surface area contributed by atoms with Gasteiger partial charge >= 0.3 is 0 Å². The fourth-order valence-electron chi connectivity index (χ4n) is 1.71. The van der Waals surface area contributed by atoms with E-state index < -0.39 is 0 Å². The Morgan fingerprint density at radius 1 is 1.53 bits per heavy atom. The molecule has 0 aromatic carbocycles. The zero-order valence-corrected chi connectivity index (χ0v) is 9.48. The summed E-state index contributed by atoms with van der Waals surface area (Å²) >= 11 is 0. The average molecular weight is 205 g/mol. The molecule has 1 saturated carbocycles. The number of pyridine rings is 1. The molecule has 0 saturated heterocycles. The SMILES string of the molecule is CCC(N)c1ccc(N(C)C2CC2)cn1. The third-order valence-electron chi connectivity index (χ3n) is 3.09. The number of hydrogen-bond donors (Lipinski definition) is 1. The first-order valence-electron chi connectivity index (χ1n) is 5.66. The molecular formula is C12H19N3. The minimum Gasteiger partial charge on any atom is -0.370 e. The minimum atomic E-state index is 0.0743. The van der Waals surface area contributed by atoms with E-state index >= 15 is 0 Å². The molecule has 1 aromatic rings. The van der Waals surface area contributed by atoms with E-state index in [1.54, 1.807) is 0 Å². The molecule has 1 fully saturated rings. The Hall–Kier alpha value is -1.09. The first-order valence-corrected chi connectivity index (χ1v) is 5.66. The van der Waals surface area contributed by atoms with Gasteiger partial charge in [0.15, 0.2) is 0 Å². The van der Waals surface area contributed by atoms with Crippen LogP contribution >= 0.6 is 0 Å². The third kappa shape index (κ3) is 2.29. The lowest BCUT2D eigenvalue weighted by molar-refractivity contribution is 0.675. The number of nitrogens with zero attached hydrogens (tertiary/aromatic N) is 2. The standard InChI is InChI=1S/C12H19N3/c1-3-11(13)12-7-6-10(8-14-12)15(2)9-4-5-9/h6-9,11H,3-5,13H2,1-2H3. The molecule has 0 amide bonds. The molecule has 1 heterocycles. The Kier molecular flexibility index (Phi) is 2.91. The smallest absolute Gasteiger partial charge is 0.0572 e. The Balaban J connectivity index is 2.09. The summed E-state index contributed by atoms with van der Waals surface area (Å²) < 4.78 is 0. The van der Waals surface area contributed by atoms with Crippen molar-refractivity contribution in [2.24, 2.45) is 5.73 Å². The van der Waals surface area contributed by atoms with Gasteiger partial charge < -0.3 is 10.6 Å². The largest absolute Gasteiger partial charge is 0.370 e. The van der Waals surface area contributed by atoms with Gasteiger partial charge in [-0.15, -0.1) is 0 Å². The molecule has 1 unspecified atom stereocenters. The second kappa shape index (κ2) is 4.19. The van der Waals surface area contributed by atoms with Crippen molar-refractivity contribution in [3.05, 3.63) is 24.0 Å². The highest BCUT2D eigenvalue weighted by atomic mass is 15.2. The number of aromatic nitrogens is 1. The molecule has 1 aromatic heterocycles. The van der Waals surface area contributed by atoms with Crippen molar-refractivity contribution in [3.63, 3.8) is 0 Å². The number of nitrogens with two attached hydrogens (primary N) is 1. The summed E-state index contributed by atoms with van der Waals surface area (Å²) in [7, 11) is 2.13. The lowest BCUT2D eigenvalue weighted by atomic mass is 10.1. The molecule has 1 aliphatic carbocycles. The minimum absolute atomic E-state index is 0.0743. The Morgan fingerprint density at radius 2 is 2.27 bits per heavy atom. The van der Waals surface area contributed by atoms with E-state index in [4.69, 9.17) is 5.73 Å². The zero-order valence-electron chi connectivity index (χ0n) is 9.48. The van der Waals surface area contributed by atoms with E-state index in [1.807, 2.05) is 12.3 Å². The van der Waals surface area contributed by atoms with Crippen LogP contribution in [0.4, 0.5) is 5.69 Å². The first kappa shape index (κ1) is 10.4. The van der Waals surface area contributed by atoms with E-state index in [9.17, 15) is 0 Å². The maximum absolute atomic E-state index is 5.92. The lowest BCUT2D eigenvalue weighted by Gasteiger charge is -2.18. The van der Waals surface area contributed by atoms with Crippen LogP contribution < -0.4 is 10.6 Å². The van der Waals surface area contributed by atoms with Crippen LogP contribution in [0.3, 0.4) is 0 Å². The molecule has 0 aliphatic heterocycles. The summed E-state index contributed by atoms with van der Waals surface area (Å²) in [6.07, 6.45) is 5.49. The Bertz CT molecular complexity index is 316. The molecule has 0 spiro atoms. The molecule has 0 radical (unpaired) electrons. The van der Waals surface area contributed by atoms with Gasteiger partial charge in [-0.05, 0) is 31.4 Å². The lowest BCUT2D eigenvalue weighted by Crippen LogP contribution is -2.20. The molecule has 1 atom stereocenters. The summed E-state index contributed by atoms with van der Waals surface area (Å²) in [4.78, 5) is 6.71. The van der Waals surface area contributed by atoms with E-state index in [1.165, 1.54) is 18.5 Å². The fourth-order valence-corrected chi connectivity index (χ4v) is 1.71. The highest BCUT2D eigenvalue weighted by Crippen LogP contribution is 2.29. The second-order valence-electron chi connectivity index (χ2n) is 4.30. The molecule has 82 valence electrons. The fraction of sp³-hybridized carbons (Fsp3) is 0.583. The van der Waals surface area contributed by atoms with Crippen molar-refractivity contribution in [1.29, 1.82) is 0 Å². The van der Waals surface area contributed by atoms with Crippen LogP contribution in [0.1, 0.15) is 37.9 Å². The van der Waals surface area contributed by atoms with Crippen molar-refractivity contribution in [2.45, 2.75) is 38.3 Å². The molecule has 3 nitrogen and oxygen atoms in total. The topological polar surface area (TPSA) is 42.1 Å². The van der Waals surface area contributed by atoms with Crippen molar-refractivity contribution in [2.75, 3.05) is 11.9 Å². The predicted molar refractivity (Wildman–Crippen MR) is 62.9 cm³/mol. The van der Waals surface area contributed by atoms with Crippen LogP contribution in [-0.2, 0) is 0 Å². The van der Waals surface area contributed by atoms with Crippen LogP contribution in [0.2, 0.25) is 0 Å². The highest BCUT2D eigenvalue weighted by Gasteiger charge is 2.26. The van der Waals surface area contributed by atoms with E-state index in [2.05, 4.69) is 29.9 Å². The van der Waals surface area contributed by atoms with E-state index in [0.29, 0.717) is 0 Å². The number of anilines is 1. The molecule has 3 heteroatoms. The van der Waals surface area contributed by atoms with E-state index in [-0.39, 0.29) is 6.04 Å². The van der Waals surface area contributed by atoms with Crippen molar-refractivity contribution in [3.8, 4) is 0 Å². The summed E-state index contributed by atoms with van der Waals surface area (Å²) in [6, 6.07) is 4.97. The quantitative estimate of drug-likeness (QED) is 0.818. The molecule has 2 N–H and O–H groups in total. The first-order chi connectivity index (χ1) is 7.22. The number of rotatable bonds is 4. The Morgan fingerprint density at radius 3 is 2.73 bits per heavy atom. The van der Waals surface area contributed by atoms with Crippen LogP contribution in [-0.4, -0.2) is 18.1 Å². The maximum Gasteiger partial charge on any atom is 0.0572 e. The van der Waals surface area contributed by atoms with Crippen molar-refractivity contribution >= 4 is 5.69 Å². The van der Waals surface area contributed by atoms with Gasteiger partial charge in [-0.2, -0.15) is 0 Å². The van der Waals surface area contributed by atoms with Crippen molar-refractivity contribution < 1.29 is 0 Å². The van der Waals surface area contributed by atoms with Gasteiger partial charge in [0.25, 0.3) is 0 Å². The Labute approximate surface area is 91.3 Å². The summed E-state index contributed by atoms with van der Waals surface area (Å²) in [5, 5.41) is 0. The molecule has 0 bridgehead atoms. The highest BCUT2D eigenvalue weighted by molar-refractivity contribution is 5.46. The van der Waals surface area contributed by atoms with Gasteiger partial charge in [0.1, 0.15) is 0 Å². The monoisotopic (exact) mass is 205 g/mol. The molecule has 1 aliphatic rings. The second-order valence-corrected chi connectivity index (χ2v) is 4.30. The van der Waals surface area contributed by atoms with Crippen LogP contribution in [0.5, 0.6) is 0 Å². The van der Waals surface area contributed by atoms with E-state index in [0.717, 1.165) is 18.2 Å². The van der Waals surface area contributed by atoms with Gasteiger partial charge in [0.05, 0.1) is 17.6 Å². The van der Waals surface area contributed by atoms with Crippen LogP contribution in [0.15, 0.2) is 18.3 Å². The van der Waals surface area contributed by atoms with Crippen LogP contribution in [0, 0.1) is 0 Å². The zero-order chi connectivity index (χ0) is 10.8. The van der Waals surface area contributed by atoms with Crippen LogP contribution in [0.25, 0.3) is 0 Å². The molecular weight excluding hydrogens is 186 g/mol. The van der Waals surface area contributed by atoms with Gasteiger partial charge in [-0.3, -0.25) is 4.98 Å². The van der Waals surface area contributed by atoms with Gasteiger partial charge in [-0.1, -0.05) is 6.92 Å². The normalized spacial score (nSPS) is 17.5. The average Bonchev–Trinajstić information content (AvgIpc) is 3.11. The van der Waals surface area contributed by atoms with Gasteiger partial charge in [0.2, 0.25) is 0 Å². The van der Waals surface area contributed by atoms with Gasteiger partial charge in [-0.25, -0.2) is 0 Å². The molecule has 15 heavy (non-hydrogen) atoms.